The number of hydrogen-bond donors (Lipinski definition) is 0. The lowest BCUT2D eigenvalue weighted by Crippen LogP contribution is -2.51. The molecule has 2 heterocycles. The third kappa shape index (κ3) is 4.74. The van der Waals surface area contributed by atoms with Crippen molar-refractivity contribution in [3.63, 3.8) is 0 Å². The zero-order valence-corrected chi connectivity index (χ0v) is 19.4. The van der Waals surface area contributed by atoms with Gasteiger partial charge in [0.25, 0.3) is 0 Å². The third-order valence-electron chi connectivity index (χ3n) is 5.45. The second-order valence-electron chi connectivity index (χ2n) is 7.51. The zero-order chi connectivity index (χ0) is 22.2. The van der Waals surface area contributed by atoms with Gasteiger partial charge in [-0.2, -0.15) is 4.31 Å². The van der Waals surface area contributed by atoms with Crippen LogP contribution in [0.2, 0.25) is 5.02 Å². The van der Waals surface area contributed by atoms with Crippen LogP contribution in [0.1, 0.15) is 31.5 Å². The number of aromatic nitrogens is 3. The lowest BCUT2D eigenvalue weighted by atomic mass is 10.3. The van der Waals surface area contributed by atoms with E-state index >= 15 is 0 Å². The van der Waals surface area contributed by atoms with E-state index in [9.17, 15) is 17.6 Å². The molecular formula is C19H23ClFN5O3S2. The molecule has 0 N–H and O–H groups in total. The SMILES string of the molecule is CCn1c(SCC(=O)N2CCN(S(=O)(=O)c3ccc(F)c(Cl)c3)CC2)nnc1C1CC1. The number of rotatable bonds is 7. The molecule has 12 heteroatoms. The average Bonchev–Trinajstić information content (AvgIpc) is 3.53. The number of sulfonamides is 1. The Balaban J connectivity index is 1.33. The maximum Gasteiger partial charge on any atom is 0.243 e. The molecule has 168 valence electrons. The molecule has 0 bridgehead atoms. The number of hydrogen-bond acceptors (Lipinski definition) is 6. The number of carbonyl (C=O) groups excluding carboxylic acids is 1. The molecular weight excluding hydrogens is 465 g/mol. The highest BCUT2D eigenvalue weighted by Crippen LogP contribution is 2.40. The Morgan fingerprint density at radius 1 is 1.23 bits per heavy atom. The van der Waals surface area contributed by atoms with Gasteiger partial charge >= 0.3 is 0 Å². The normalized spacial score (nSPS) is 17.8. The van der Waals surface area contributed by atoms with E-state index in [4.69, 9.17) is 11.6 Å². The first kappa shape index (κ1) is 22.5. The molecule has 8 nitrogen and oxygen atoms in total. The Hall–Kier alpha value is -1.69. The zero-order valence-electron chi connectivity index (χ0n) is 17.0. The fraction of sp³-hybridized carbons (Fsp3) is 0.526. The van der Waals surface area contributed by atoms with Crippen LogP contribution in [0.3, 0.4) is 0 Å². The highest BCUT2D eigenvalue weighted by molar-refractivity contribution is 7.99. The van der Waals surface area contributed by atoms with Gasteiger partial charge in [0.2, 0.25) is 15.9 Å². The number of carbonyl (C=O) groups is 1. The summed E-state index contributed by atoms with van der Waals surface area (Å²) in [7, 11) is -3.80. The van der Waals surface area contributed by atoms with Crippen LogP contribution in [-0.4, -0.2) is 70.2 Å². The Kier molecular flexibility index (Phi) is 6.57. The highest BCUT2D eigenvalue weighted by Gasteiger charge is 2.32. The van der Waals surface area contributed by atoms with Crippen LogP contribution in [0.5, 0.6) is 0 Å². The maximum atomic E-state index is 13.4. The number of benzene rings is 1. The molecule has 1 saturated carbocycles. The molecule has 31 heavy (non-hydrogen) atoms. The lowest BCUT2D eigenvalue weighted by Gasteiger charge is -2.34. The van der Waals surface area contributed by atoms with Crippen molar-refractivity contribution in [3.05, 3.63) is 34.9 Å². The molecule has 2 aromatic rings. The molecule has 1 saturated heterocycles. The molecule has 1 amide bonds. The van der Waals surface area contributed by atoms with Crippen LogP contribution in [0.4, 0.5) is 4.39 Å². The van der Waals surface area contributed by atoms with Crippen molar-refractivity contribution in [2.45, 2.75) is 42.3 Å². The molecule has 0 atom stereocenters. The van der Waals surface area contributed by atoms with Crippen molar-refractivity contribution in [2.75, 3.05) is 31.9 Å². The van der Waals surface area contributed by atoms with Gasteiger partial charge in [-0.25, -0.2) is 12.8 Å². The van der Waals surface area contributed by atoms with Crippen LogP contribution < -0.4 is 0 Å². The van der Waals surface area contributed by atoms with Gasteiger partial charge in [0.15, 0.2) is 5.16 Å². The van der Waals surface area contributed by atoms with Gasteiger partial charge in [0.05, 0.1) is 15.7 Å². The monoisotopic (exact) mass is 487 g/mol. The van der Waals surface area contributed by atoms with Gasteiger partial charge in [0, 0.05) is 38.6 Å². The van der Waals surface area contributed by atoms with Crippen molar-refractivity contribution < 1.29 is 17.6 Å². The second-order valence-corrected chi connectivity index (χ2v) is 10.8. The van der Waals surface area contributed by atoms with Crippen LogP contribution in [-0.2, 0) is 21.4 Å². The molecule has 1 aromatic carbocycles. The van der Waals surface area contributed by atoms with Gasteiger partial charge in [0.1, 0.15) is 11.6 Å². The average molecular weight is 488 g/mol. The van der Waals surface area contributed by atoms with E-state index in [-0.39, 0.29) is 34.7 Å². The fourth-order valence-corrected chi connectivity index (χ4v) is 6.14. The minimum atomic E-state index is -3.80. The van der Waals surface area contributed by atoms with Gasteiger partial charge in [-0.15, -0.1) is 10.2 Å². The van der Waals surface area contributed by atoms with E-state index in [2.05, 4.69) is 14.8 Å². The van der Waals surface area contributed by atoms with Gasteiger partial charge in [-0.3, -0.25) is 4.79 Å². The van der Waals surface area contributed by atoms with Crippen LogP contribution in [0, 0.1) is 5.82 Å². The third-order valence-corrected chi connectivity index (χ3v) is 8.58. The summed E-state index contributed by atoms with van der Waals surface area (Å²) in [5, 5.41) is 9.02. The van der Waals surface area contributed by atoms with E-state index in [0.717, 1.165) is 42.5 Å². The molecule has 2 aliphatic rings. The molecule has 0 radical (unpaired) electrons. The first-order valence-corrected chi connectivity index (χ1v) is 12.9. The Labute approximate surface area is 189 Å². The maximum absolute atomic E-state index is 13.4. The van der Waals surface area contributed by atoms with Gasteiger partial charge in [-0.05, 0) is 38.0 Å². The summed E-state index contributed by atoms with van der Waals surface area (Å²) in [5.74, 6) is 0.978. The summed E-state index contributed by atoms with van der Waals surface area (Å²) >= 11 is 7.09. The summed E-state index contributed by atoms with van der Waals surface area (Å²) < 4.78 is 42.3. The molecule has 2 fully saturated rings. The van der Waals surface area contributed by atoms with Gasteiger partial charge < -0.3 is 9.47 Å². The van der Waals surface area contributed by atoms with Crippen molar-refractivity contribution in [1.82, 2.24) is 24.0 Å². The molecule has 1 aliphatic heterocycles. The molecule has 0 unspecified atom stereocenters. The van der Waals surface area contributed by atoms with Crippen LogP contribution in [0.25, 0.3) is 0 Å². The molecule has 0 spiro atoms. The van der Waals surface area contributed by atoms with Crippen molar-refractivity contribution in [2.24, 2.45) is 0 Å². The number of piperazine rings is 1. The smallest absolute Gasteiger partial charge is 0.243 e. The van der Waals surface area contributed by atoms with Crippen LogP contribution in [0.15, 0.2) is 28.3 Å². The minimum absolute atomic E-state index is 0.0559. The van der Waals surface area contributed by atoms with Crippen LogP contribution >= 0.6 is 23.4 Å². The minimum Gasteiger partial charge on any atom is -0.339 e. The molecule has 1 aromatic heterocycles. The summed E-state index contributed by atoms with van der Waals surface area (Å²) in [6, 6.07) is 3.35. The van der Waals surface area contributed by atoms with Crippen molar-refractivity contribution in [1.29, 1.82) is 0 Å². The number of amides is 1. The number of thioether (sulfide) groups is 1. The summed E-state index contributed by atoms with van der Waals surface area (Å²) in [4.78, 5) is 14.3. The van der Waals surface area contributed by atoms with Crippen molar-refractivity contribution in [3.8, 4) is 0 Å². The standard InChI is InChI=1S/C19H23ClFN5O3S2/c1-2-26-18(13-3-4-13)22-23-19(26)30-12-17(27)24-7-9-25(10-8-24)31(28,29)14-5-6-16(21)15(20)11-14/h5-6,11,13H,2-4,7-10,12H2,1H3. The molecule has 1 aliphatic carbocycles. The Morgan fingerprint density at radius 3 is 2.55 bits per heavy atom. The largest absolute Gasteiger partial charge is 0.339 e. The number of nitrogens with zero attached hydrogens (tertiary/aromatic N) is 5. The van der Waals surface area contributed by atoms with Crippen molar-refractivity contribution >= 4 is 39.3 Å². The van der Waals surface area contributed by atoms with Gasteiger partial charge in [-0.1, -0.05) is 23.4 Å². The van der Waals surface area contributed by atoms with E-state index in [1.807, 2.05) is 6.92 Å². The van der Waals surface area contributed by atoms with E-state index in [0.29, 0.717) is 19.0 Å². The highest BCUT2D eigenvalue weighted by atomic mass is 35.5. The van der Waals surface area contributed by atoms with E-state index in [1.165, 1.54) is 22.1 Å². The number of halogens is 2. The Morgan fingerprint density at radius 2 is 1.94 bits per heavy atom. The lowest BCUT2D eigenvalue weighted by molar-refractivity contribution is -0.129. The predicted octanol–water partition coefficient (Wildman–Crippen LogP) is 2.59. The first-order valence-electron chi connectivity index (χ1n) is 10.1. The van der Waals surface area contributed by atoms with E-state index < -0.39 is 15.8 Å². The summed E-state index contributed by atoms with van der Waals surface area (Å²) in [6.45, 7) is 3.73. The summed E-state index contributed by atoms with van der Waals surface area (Å²) in [5.41, 5.74) is 0. The fourth-order valence-electron chi connectivity index (χ4n) is 3.53. The van der Waals surface area contributed by atoms with E-state index in [1.54, 1.807) is 4.90 Å². The molecule has 4 rings (SSSR count). The second kappa shape index (κ2) is 9.05. The predicted molar refractivity (Wildman–Crippen MR) is 115 cm³/mol. The topological polar surface area (TPSA) is 88.4 Å². The summed E-state index contributed by atoms with van der Waals surface area (Å²) in [6.07, 6.45) is 2.28. The quantitative estimate of drug-likeness (QED) is 0.558. The first-order chi connectivity index (χ1) is 14.8. The Bertz CT molecular complexity index is 1080.